The Kier molecular flexibility index (Phi) is 4.14. The fourth-order valence-corrected chi connectivity index (χ4v) is 1.77. The monoisotopic (exact) mass is 196 g/mol. The Morgan fingerprint density at radius 3 is 3.00 bits per heavy atom. The summed E-state index contributed by atoms with van der Waals surface area (Å²) in [6.07, 6.45) is 4.92. The number of hydrogen-bond donors (Lipinski definition) is 1. The van der Waals surface area contributed by atoms with Gasteiger partial charge in [0, 0.05) is 13.1 Å². The molecule has 0 fully saturated rings. The van der Waals surface area contributed by atoms with Gasteiger partial charge < -0.3 is 10.6 Å². The highest BCUT2D eigenvalue weighted by Crippen LogP contribution is 2.10. The Balaban J connectivity index is 2.49. The van der Waals surface area contributed by atoms with E-state index in [2.05, 4.69) is 19.9 Å². The Hall–Kier alpha value is -0.830. The first kappa shape index (κ1) is 11.2. The molecule has 1 aliphatic heterocycles. The van der Waals surface area contributed by atoms with Gasteiger partial charge in [-0.2, -0.15) is 0 Å². The predicted octanol–water partition coefficient (Wildman–Crippen LogP) is 1.29. The van der Waals surface area contributed by atoms with Gasteiger partial charge in [-0.15, -0.1) is 0 Å². The molecule has 3 heteroatoms. The van der Waals surface area contributed by atoms with Crippen LogP contribution < -0.4 is 5.73 Å². The lowest BCUT2D eigenvalue weighted by Crippen LogP contribution is -2.45. The Bertz CT molecular complexity index is 235. The number of carbonyl (C=O) groups is 1. The second-order valence-corrected chi connectivity index (χ2v) is 3.99. The van der Waals surface area contributed by atoms with Gasteiger partial charge in [-0.3, -0.25) is 4.79 Å². The van der Waals surface area contributed by atoms with Crippen molar-refractivity contribution in [3.05, 3.63) is 11.6 Å². The molecule has 0 bridgehead atoms. The molecule has 14 heavy (non-hydrogen) atoms. The second-order valence-electron chi connectivity index (χ2n) is 3.99. The zero-order valence-electron chi connectivity index (χ0n) is 9.12. The minimum Gasteiger partial charge on any atom is -0.337 e. The maximum absolute atomic E-state index is 11.8. The maximum Gasteiger partial charge on any atom is 0.239 e. The number of nitrogens with two attached hydrogens (primary N) is 1. The number of carbonyl (C=O) groups excluding carboxylic acids is 1. The molecule has 0 spiro atoms. The zero-order valence-corrected chi connectivity index (χ0v) is 9.12. The first-order chi connectivity index (χ1) is 6.65. The summed E-state index contributed by atoms with van der Waals surface area (Å²) in [6, 6.07) is -0.300. The quantitative estimate of drug-likeness (QED) is 0.691. The maximum atomic E-state index is 11.8. The Labute approximate surface area is 86.0 Å². The van der Waals surface area contributed by atoms with Gasteiger partial charge in [0.15, 0.2) is 0 Å². The summed E-state index contributed by atoms with van der Waals surface area (Å²) in [5.41, 5.74) is 7.06. The summed E-state index contributed by atoms with van der Waals surface area (Å²) in [7, 11) is 0. The van der Waals surface area contributed by atoms with Crippen molar-refractivity contribution in [1.29, 1.82) is 0 Å². The summed E-state index contributed by atoms with van der Waals surface area (Å²) in [6.45, 7) is 5.70. The van der Waals surface area contributed by atoms with Crippen LogP contribution in [0.15, 0.2) is 11.6 Å². The highest BCUT2D eigenvalue weighted by Gasteiger charge is 2.21. The Morgan fingerprint density at radius 1 is 1.71 bits per heavy atom. The zero-order chi connectivity index (χ0) is 10.6. The minimum atomic E-state index is -0.300. The van der Waals surface area contributed by atoms with Crippen LogP contribution in [0.2, 0.25) is 0 Å². The van der Waals surface area contributed by atoms with Crippen molar-refractivity contribution in [1.82, 2.24) is 4.90 Å². The van der Waals surface area contributed by atoms with Crippen LogP contribution in [0.1, 0.15) is 33.1 Å². The topological polar surface area (TPSA) is 46.3 Å². The number of rotatable bonds is 3. The Morgan fingerprint density at radius 2 is 2.43 bits per heavy atom. The molecule has 3 nitrogen and oxygen atoms in total. The minimum absolute atomic E-state index is 0.110. The molecule has 0 saturated carbocycles. The molecule has 1 heterocycles. The molecular formula is C11H20N2O. The molecule has 0 aromatic carbocycles. The molecule has 80 valence electrons. The first-order valence-corrected chi connectivity index (χ1v) is 5.35. The average Bonchev–Trinajstić information content (AvgIpc) is 2.17. The molecule has 0 aromatic heterocycles. The largest absolute Gasteiger partial charge is 0.337 e. The molecule has 0 aliphatic carbocycles. The summed E-state index contributed by atoms with van der Waals surface area (Å²) < 4.78 is 0. The summed E-state index contributed by atoms with van der Waals surface area (Å²) >= 11 is 0. The van der Waals surface area contributed by atoms with E-state index in [-0.39, 0.29) is 11.9 Å². The van der Waals surface area contributed by atoms with Crippen LogP contribution in [0.5, 0.6) is 0 Å². The van der Waals surface area contributed by atoms with E-state index in [1.54, 1.807) is 0 Å². The summed E-state index contributed by atoms with van der Waals surface area (Å²) in [5, 5.41) is 0. The van der Waals surface area contributed by atoms with Gasteiger partial charge in [0.05, 0.1) is 6.04 Å². The second kappa shape index (κ2) is 5.15. The lowest BCUT2D eigenvalue weighted by atomic mass is 10.1. The van der Waals surface area contributed by atoms with Crippen molar-refractivity contribution >= 4 is 5.91 Å². The van der Waals surface area contributed by atoms with Crippen LogP contribution in [0.3, 0.4) is 0 Å². The number of nitrogens with zero attached hydrogens (tertiary/aromatic N) is 1. The molecule has 1 atom stereocenters. The van der Waals surface area contributed by atoms with E-state index in [4.69, 9.17) is 5.73 Å². The predicted molar refractivity (Wildman–Crippen MR) is 57.8 cm³/mol. The molecule has 2 N–H and O–H groups in total. The molecule has 0 radical (unpaired) electrons. The molecule has 1 unspecified atom stereocenters. The van der Waals surface area contributed by atoms with Crippen molar-refractivity contribution in [3.63, 3.8) is 0 Å². The fraction of sp³-hybridized carbons (Fsp3) is 0.727. The lowest BCUT2D eigenvalue weighted by molar-refractivity contribution is -0.132. The number of hydrogen-bond acceptors (Lipinski definition) is 2. The van der Waals surface area contributed by atoms with E-state index < -0.39 is 0 Å². The highest BCUT2D eigenvalue weighted by molar-refractivity contribution is 5.82. The van der Waals surface area contributed by atoms with Gasteiger partial charge in [0.2, 0.25) is 5.91 Å². The third-order valence-corrected chi connectivity index (χ3v) is 2.56. The van der Waals surface area contributed by atoms with E-state index >= 15 is 0 Å². The van der Waals surface area contributed by atoms with Crippen LogP contribution in [0, 0.1) is 0 Å². The van der Waals surface area contributed by atoms with Crippen molar-refractivity contribution in [3.8, 4) is 0 Å². The standard InChI is InChI=1S/C11H20N2O/c1-3-5-10(12)11(14)13-7-4-6-9(2)8-13/h6,10H,3-5,7-8,12H2,1-2H3. The SMILES string of the molecule is CCCC(N)C(=O)N1CCC=C(C)C1. The number of amides is 1. The van der Waals surface area contributed by atoms with Gasteiger partial charge in [-0.05, 0) is 19.8 Å². The van der Waals surface area contributed by atoms with E-state index in [1.807, 2.05) is 4.90 Å². The van der Waals surface area contributed by atoms with Crippen LogP contribution in [-0.2, 0) is 4.79 Å². The van der Waals surface area contributed by atoms with Crippen LogP contribution >= 0.6 is 0 Å². The van der Waals surface area contributed by atoms with E-state index in [0.717, 1.165) is 32.4 Å². The van der Waals surface area contributed by atoms with Gasteiger partial charge >= 0.3 is 0 Å². The van der Waals surface area contributed by atoms with E-state index in [0.29, 0.717) is 0 Å². The third-order valence-electron chi connectivity index (χ3n) is 2.56. The summed E-state index contributed by atoms with van der Waals surface area (Å²) in [4.78, 5) is 13.7. The van der Waals surface area contributed by atoms with Crippen molar-refractivity contribution in [2.45, 2.75) is 39.2 Å². The fourth-order valence-electron chi connectivity index (χ4n) is 1.77. The van der Waals surface area contributed by atoms with E-state index in [1.165, 1.54) is 5.57 Å². The average molecular weight is 196 g/mol. The highest BCUT2D eigenvalue weighted by atomic mass is 16.2. The normalized spacial score (nSPS) is 19.1. The van der Waals surface area contributed by atoms with E-state index in [9.17, 15) is 4.79 Å². The van der Waals surface area contributed by atoms with Crippen molar-refractivity contribution in [2.75, 3.05) is 13.1 Å². The molecule has 1 rings (SSSR count). The third kappa shape index (κ3) is 2.84. The smallest absolute Gasteiger partial charge is 0.239 e. The lowest BCUT2D eigenvalue weighted by Gasteiger charge is -2.28. The van der Waals surface area contributed by atoms with Crippen LogP contribution in [0.25, 0.3) is 0 Å². The molecular weight excluding hydrogens is 176 g/mol. The molecule has 1 amide bonds. The molecule has 1 aliphatic rings. The van der Waals surface area contributed by atoms with Gasteiger partial charge in [-0.25, -0.2) is 0 Å². The van der Waals surface area contributed by atoms with Gasteiger partial charge in [0.25, 0.3) is 0 Å². The van der Waals surface area contributed by atoms with Crippen LogP contribution in [-0.4, -0.2) is 29.9 Å². The first-order valence-electron chi connectivity index (χ1n) is 5.35. The summed E-state index contributed by atoms with van der Waals surface area (Å²) in [5.74, 6) is 0.110. The van der Waals surface area contributed by atoms with Gasteiger partial charge in [-0.1, -0.05) is 25.0 Å². The van der Waals surface area contributed by atoms with Crippen LogP contribution in [0.4, 0.5) is 0 Å². The van der Waals surface area contributed by atoms with Gasteiger partial charge in [0.1, 0.15) is 0 Å². The molecule has 0 aromatic rings. The van der Waals surface area contributed by atoms with Crippen molar-refractivity contribution < 1.29 is 4.79 Å². The molecule has 0 saturated heterocycles. The van der Waals surface area contributed by atoms with Crippen molar-refractivity contribution in [2.24, 2.45) is 5.73 Å².